The molecule has 0 unspecified atom stereocenters. The number of hydrogen-bond donors (Lipinski definition) is 2. The quantitative estimate of drug-likeness (QED) is 0.466. The molecule has 1 saturated heterocycles. The van der Waals surface area contributed by atoms with Gasteiger partial charge >= 0.3 is 6.01 Å². The van der Waals surface area contributed by atoms with E-state index in [2.05, 4.69) is 49.0 Å². The van der Waals surface area contributed by atoms with Gasteiger partial charge in [-0.05, 0) is 45.7 Å². The van der Waals surface area contributed by atoms with E-state index in [-0.39, 0.29) is 33.7 Å². The number of rotatable bonds is 7. The molecule has 2 N–H and O–H groups in total. The Kier molecular flexibility index (Phi) is 6.34. The van der Waals surface area contributed by atoms with Crippen LogP contribution in [0.15, 0.2) is 17.0 Å². The Morgan fingerprint density at radius 2 is 1.89 bits per heavy atom. The molecule has 1 saturated carbocycles. The molecule has 5 rings (SSSR count). The maximum absolute atomic E-state index is 13.4. The predicted molar refractivity (Wildman–Crippen MR) is 132 cm³/mol. The Morgan fingerprint density at radius 3 is 2.47 bits per heavy atom. The molecule has 1 aromatic carbocycles. The predicted octanol–water partition coefficient (Wildman–Crippen LogP) is 3.11. The highest BCUT2D eigenvalue weighted by Crippen LogP contribution is 2.40. The van der Waals surface area contributed by atoms with Gasteiger partial charge in [0.05, 0.1) is 17.7 Å². The lowest BCUT2D eigenvalue weighted by Crippen LogP contribution is -2.54. The minimum absolute atomic E-state index is 0.0167. The van der Waals surface area contributed by atoms with E-state index in [4.69, 9.17) is 4.74 Å². The standard InChI is InChI=1S/C22H27F2N7O3S2/c1-11-9-31(10-12(2)25-11)15-8-13(36(32,33)30-22(3)5-6-22)7-14-16(15)26-21(34-4)27-17(14)19-28-29-20(35-19)18(23)24/h7-8,11-12,18,25,30H,5-6,9-10H2,1-4H3/t11-,12-/m0/s1. The van der Waals surface area contributed by atoms with Gasteiger partial charge in [0, 0.05) is 36.1 Å². The first-order valence-corrected chi connectivity index (χ1v) is 13.8. The number of piperazine rings is 1. The number of sulfonamides is 1. The molecule has 2 aliphatic rings. The van der Waals surface area contributed by atoms with Gasteiger partial charge in [0.1, 0.15) is 11.2 Å². The number of nitrogens with zero attached hydrogens (tertiary/aromatic N) is 5. The first kappa shape index (κ1) is 25.1. The second kappa shape index (κ2) is 9.08. The fraction of sp³-hybridized carbons (Fsp3) is 0.545. The van der Waals surface area contributed by atoms with Crippen LogP contribution < -0.4 is 19.7 Å². The molecule has 0 radical (unpaired) electrons. The van der Waals surface area contributed by atoms with Crippen molar-refractivity contribution in [1.82, 2.24) is 30.2 Å². The van der Waals surface area contributed by atoms with Crippen molar-refractivity contribution < 1.29 is 21.9 Å². The van der Waals surface area contributed by atoms with Crippen LogP contribution in [-0.4, -0.2) is 66.4 Å². The first-order chi connectivity index (χ1) is 17.0. The number of fused-ring (bicyclic) bond motifs is 1. The molecular formula is C22H27F2N7O3S2. The third kappa shape index (κ3) is 4.86. The molecule has 194 valence electrons. The highest BCUT2D eigenvalue weighted by atomic mass is 32.2. The largest absolute Gasteiger partial charge is 0.467 e. The van der Waals surface area contributed by atoms with E-state index in [1.165, 1.54) is 13.2 Å². The van der Waals surface area contributed by atoms with Gasteiger partial charge < -0.3 is 15.0 Å². The van der Waals surface area contributed by atoms with Crippen LogP contribution >= 0.6 is 11.3 Å². The maximum atomic E-state index is 13.4. The van der Waals surface area contributed by atoms with Crippen molar-refractivity contribution in [2.24, 2.45) is 0 Å². The summed E-state index contributed by atoms with van der Waals surface area (Å²) < 4.78 is 61.5. The molecule has 36 heavy (non-hydrogen) atoms. The van der Waals surface area contributed by atoms with E-state index in [0.717, 1.165) is 12.8 Å². The Balaban J connectivity index is 1.76. The van der Waals surface area contributed by atoms with E-state index in [1.54, 1.807) is 6.07 Å². The Morgan fingerprint density at radius 1 is 1.19 bits per heavy atom. The van der Waals surface area contributed by atoms with Crippen LogP contribution in [-0.2, 0) is 10.0 Å². The van der Waals surface area contributed by atoms with Gasteiger partial charge in [-0.15, -0.1) is 10.2 Å². The van der Waals surface area contributed by atoms with Crippen LogP contribution in [0.2, 0.25) is 0 Å². The topological polar surface area (TPSA) is 122 Å². The van der Waals surface area contributed by atoms with Gasteiger partial charge in [-0.25, -0.2) is 21.9 Å². The van der Waals surface area contributed by atoms with E-state index >= 15 is 0 Å². The number of anilines is 1. The average molecular weight is 540 g/mol. The van der Waals surface area contributed by atoms with E-state index in [0.29, 0.717) is 41.0 Å². The molecule has 14 heteroatoms. The fourth-order valence-corrected chi connectivity index (χ4v) is 6.65. The SMILES string of the molecule is COc1nc(-c2nnc(C(F)F)s2)c2cc(S(=O)(=O)NC3(C)CC3)cc(N3C[C@H](C)N[C@@H](C)C3)c2n1. The van der Waals surface area contributed by atoms with E-state index in [9.17, 15) is 17.2 Å². The number of hydrogen-bond acceptors (Lipinski definition) is 10. The van der Waals surface area contributed by atoms with Crippen LogP contribution in [0.1, 0.15) is 45.0 Å². The summed E-state index contributed by atoms with van der Waals surface area (Å²) in [6.45, 7) is 7.19. The lowest BCUT2D eigenvalue weighted by atomic mass is 10.1. The molecule has 2 atom stereocenters. The van der Waals surface area contributed by atoms with Gasteiger partial charge in [0.25, 0.3) is 6.43 Å². The molecule has 0 bridgehead atoms. The minimum atomic E-state index is -3.89. The molecule has 2 aromatic heterocycles. The minimum Gasteiger partial charge on any atom is -0.467 e. The summed E-state index contributed by atoms with van der Waals surface area (Å²) in [5.41, 5.74) is 0.753. The van der Waals surface area contributed by atoms with E-state index < -0.39 is 27.0 Å². The third-order valence-electron chi connectivity index (χ3n) is 6.34. The smallest absolute Gasteiger partial charge is 0.317 e. The van der Waals surface area contributed by atoms with Crippen LogP contribution in [0.3, 0.4) is 0 Å². The summed E-state index contributed by atoms with van der Waals surface area (Å²) in [5.74, 6) is 0. The Labute approximate surface area is 211 Å². The van der Waals surface area contributed by atoms with Crippen molar-refractivity contribution in [1.29, 1.82) is 0 Å². The van der Waals surface area contributed by atoms with Crippen molar-refractivity contribution in [2.45, 2.75) is 62.6 Å². The van der Waals surface area contributed by atoms with Gasteiger partial charge in [-0.2, -0.15) is 9.97 Å². The van der Waals surface area contributed by atoms with Crippen molar-refractivity contribution >= 4 is 38.0 Å². The van der Waals surface area contributed by atoms with Crippen LogP contribution in [0.25, 0.3) is 21.6 Å². The zero-order valence-corrected chi connectivity index (χ0v) is 21.9. The lowest BCUT2D eigenvalue weighted by Gasteiger charge is -2.38. The molecule has 10 nitrogen and oxygen atoms in total. The monoisotopic (exact) mass is 539 g/mol. The normalized spacial score (nSPS) is 21.8. The van der Waals surface area contributed by atoms with Crippen molar-refractivity contribution in [3.05, 3.63) is 17.1 Å². The number of halogens is 2. The zero-order valence-electron chi connectivity index (χ0n) is 20.2. The molecule has 1 aliphatic heterocycles. The zero-order chi connectivity index (χ0) is 25.8. The Hall–Kier alpha value is -2.55. The molecule has 3 heterocycles. The number of benzene rings is 1. The summed E-state index contributed by atoms with van der Waals surface area (Å²) in [6.07, 6.45) is -1.27. The number of aromatic nitrogens is 4. The first-order valence-electron chi connectivity index (χ1n) is 11.5. The maximum Gasteiger partial charge on any atom is 0.317 e. The summed E-state index contributed by atoms with van der Waals surface area (Å²) >= 11 is 0.697. The van der Waals surface area contributed by atoms with Gasteiger partial charge in [0.2, 0.25) is 10.0 Å². The Bertz CT molecular complexity index is 1400. The molecule has 0 spiro atoms. The van der Waals surface area contributed by atoms with Crippen molar-refractivity contribution in [2.75, 3.05) is 25.1 Å². The molecule has 1 aliphatic carbocycles. The second-order valence-corrected chi connectivity index (χ2v) is 12.4. The summed E-state index contributed by atoms with van der Waals surface area (Å²) in [6, 6.07) is 3.39. The summed E-state index contributed by atoms with van der Waals surface area (Å²) in [5, 5.41) is 11.0. The molecule has 0 amide bonds. The highest BCUT2D eigenvalue weighted by molar-refractivity contribution is 7.89. The number of methoxy groups -OCH3 is 1. The van der Waals surface area contributed by atoms with Crippen LogP contribution in [0.4, 0.5) is 14.5 Å². The third-order valence-corrected chi connectivity index (χ3v) is 8.89. The average Bonchev–Trinajstić information content (AvgIpc) is 3.31. The van der Waals surface area contributed by atoms with E-state index in [1.807, 2.05) is 6.92 Å². The van der Waals surface area contributed by atoms with Crippen LogP contribution in [0.5, 0.6) is 6.01 Å². The number of nitrogens with one attached hydrogen (secondary N) is 2. The fourth-order valence-electron chi connectivity index (χ4n) is 4.43. The van der Waals surface area contributed by atoms with Gasteiger partial charge in [0.15, 0.2) is 10.0 Å². The van der Waals surface area contributed by atoms with Crippen molar-refractivity contribution in [3.8, 4) is 16.7 Å². The molecule has 3 aromatic rings. The summed E-state index contributed by atoms with van der Waals surface area (Å²) in [4.78, 5) is 11.1. The molecular weight excluding hydrogens is 512 g/mol. The molecule has 2 fully saturated rings. The summed E-state index contributed by atoms with van der Waals surface area (Å²) in [7, 11) is -2.48. The van der Waals surface area contributed by atoms with Crippen molar-refractivity contribution in [3.63, 3.8) is 0 Å². The second-order valence-electron chi connectivity index (χ2n) is 9.68. The lowest BCUT2D eigenvalue weighted by molar-refractivity contribution is 0.150. The van der Waals surface area contributed by atoms with Gasteiger partial charge in [-0.1, -0.05) is 11.3 Å². The highest BCUT2D eigenvalue weighted by Gasteiger charge is 2.41. The van der Waals surface area contributed by atoms with Gasteiger partial charge in [-0.3, -0.25) is 0 Å². The number of alkyl halides is 2. The van der Waals surface area contributed by atoms with Crippen LogP contribution in [0, 0.1) is 0 Å². The number of ether oxygens (including phenoxy) is 1.